The van der Waals surface area contributed by atoms with E-state index < -0.39 is 18.0 Å². The molecule has 0 saturated carbocycles. The van der Waals surface area contributed by atoms with Crippen molar-refractivity contribution in [3.05, 3.63) is 35.6 Å². The van der Waals surface area contributed by atoms with E-state index in [1.807, 2.05) is 12.2 Å². The summed E-state index contributed by atoms with van der Waals surface area (Å²) in [7, 11) is 0. The summed E-state index contributed by atoms with van der Waals surface area (Å²) < 4.78 is 5.10. The number of fused-ring (bicyclic) bond motifs is 1. The van der Waals surface area contributed by atoms with Crippen LogP contribution in [-0.4, -0.2) is 46.2 Å². The highest BCUT2D eigenvalue weighted by molar-refractivity contribution is 6.32. The van der Waals surface area contributed by atoms with Crippen LogP contribution in [0.2, 0.25) is 5.15 Å². The molecule has 0 bridgehead atoms. The van der Waals surface area contributed by atoms with Gasteiger partial charge < -0.3 is 10.1 Å². The van der Waals surface area contributed by atoms with E-state index in [1.54, 1.807) is 12.1 Å². The van der Waals surface area contributed by atoms with Gasteiger partial charge in [0.1, 0.15) is 0 Å². The molecule has 3 rings (SSSR count). The maximum absolute atomic E-state index is 12.4. The predicted molar refractivity (Wildman–Crippen MR) is 100 cm³/mol. The number of carbonyl (C=O) groups is 4. The molecule has 9 heteroatoms. The molecule has 1 aliphatic heterocycles. The van der Waals surface area contributed by atoms with Gasteiger partial charge in [-0.2, -0.15) is 0 Å². The van der Waals surface area contributed by atoms with E-state index in [4.69, 9.17) is 16.3 Å². The number of ether oxygens (including phenoxy) is 1. The molecule has 0 spiro atoms. The number of allylic oxidation sites excluding steroid dienone is 2. The lowest BCUT2D eigenvalue weighted by Gasteiger charge is -2.16. The largest absolute Gasteiger partial charge is 0.452 e. The molecule has 1 N–H and O–H groups in total. The summed E-state index contributed by atoms with van der Waals surface area (Å²) in [5.41, 5.74) is 0.307. The van der Waals surface area contributed by atoms with E-state index >= 15 is 0 Å². The molecule has 28 heavy (non-hydrogen) atoms. The number of aromatic nitrogens is 1. The van der Waals surface area contributed by atoms with Gasteiger partial charge >= 0.3 is 5.97 Å². The molecule has 3 atom stereocenters. The summed E-state index contributed by atoms with van der Waals surface area (Å²) in [6, 6.07) is 3.18. The molecule has 0 aromatic carbocycles. The summed E-state index contributed by atoms with van der Waals surface area (Å²) >= 11 is 5.87. The van der Waals surface area contributed by atoms with Crippen LogP contribution in [0.25, 0.3) is 0 Å². The molecule has 1 aromatic rings. The molecule has 0 unspecified atom stereocenters. The van der Waals surface area contributed by atoms with Crippen LogP contribution in [0.15, 0.2) is 30.5 Å². The van der Waals surface area contributed by atoms with Crippen molar-refractivity contribution in [1.82, 2.24) is 9.88 Å². The molecular weight excluding hydrogens is 386 g/mol. The minimum Gasteiger partial charge on any atom is -0.452 e. The lowest BCUT2D eigenvalue weighted by Crippen LogP contribution is -2.35. The van der Waals surface area contributed by atoms with E-state index in [0.29, 0.717) is 18.5 Å². The van der Waals surface area contributed by atoms with Crippen molar-refractivity contribution in [1.29, 1.82) is 0 Å². The lowest BCUT2D eigenvalue weighted by molar-refractivity contribution is -0.154. The van der Waals surface area contributed by atoms with Gasteiger partial charge in [0.2, 0.25) is 11.8 Å². The van der Waals surface area contributed by atoms with Crippen LogP contribution in [0.5, 0.6) is 0 Å². The first-order chi connectivity index (χ1) is 13.4. The average Bonchev–Trinajstić information content (AvgIpc) is 2.92. The Morgan fingerprint density at radius 1 is 1.29 bits per heavy atom. The third kappa shape index (κ3) is 4.22. The minimum atomic E-state index is -1.07. The normalized spacial score (nSPS) is 22.0. The topological polar surface area (TPSA) is 106 Å². The molecule has 2 heterocycles. The van der Waals surface area contributed by atoms with Crippen LogP contribution in [-0.2, 0) is 23.9 Å². The van der Waals surface area contributed by atoms with E-state index in [-0.39, 0.29) is 41.8 Å². The Balaban J connectivity index is 1.49. The standard InChI is InChI=1S/C19H20ClN3O5/c1-11(17(25)22-14-7-4-9-21-16(14)20)28-15(24)8-10-23-18(26)12-5-2-3-6-13(12)19(23)27/h2-4,7,9,11-13H,5-6,8,10H2,1H3,(H,22,25)/t11-,12-,13+/m0/s1. The Labute approximate surface area is 166 Å². The van der Waals surface area contributed by atoms with Gasteiger partial charge in [-0.05, 0) is 31.9 Å². The molecule has 2 aliphatic rings. The van der Waals surface area contributed by atoms with Crippen molar-refractivity contribution in [2.24, 2.45) is 11.8 Å². The number of hydrogen-bond acceptors (Lipinski definition) is 6. The smallest absolute Gasteiger partial charge is 0.308 e. The third-order valence-corrected chi connectivity index (χ3v) is 5.13. The van der Waals surface area contributed by atoms with Crippen molar-refractivity contribution >= 4 is 41.0 Å². The number of halogens is 1. The Morgan fingerprint density at radius 3 is 2.54 bits per heavy atom. The van der Waals surface area contributed by atoms with Crippen LogP contribution < -0.4 is 5.32 Å². The first-order valence-corrected chi connectivity index (χ1v) is 9.37. The second-order valence-electron chi connectivity index (χ2n) is 6.70. The molecule has 1 saturated heterocycles. The van der Waals surface area contributed by atoms with E-state index in [0.717, 1.165) is 4.90 Å². The van der Waals surface area contributed by atoms with Gasteiger partial charge in [-0.15, -0.1) is 0 Å². The molecule has 1 aromatic heterocycles. The summed E-state index contributed by atoms with van der Waals surface area (Å²) in [5.74, 6) is -2.39. The van der Waals surface area contributed by atoms with Gasteiger partial charge in [-0.3, -0.25) is 24.1 Å². The zero-order valence-electron chi connectivity index (χ0n) is 15.3. The van der Waals surface area contributed by atoms with E-state index in [2.05, 4.69) is 10.3 Å². The second kappa shape index (κ2) is 8.52. The molecular formula is C19H20ClN3O5. The minimum absolute atomic E-state index is 0.0493. The fourth-order valence-corrected chi connectivity index (χ4v) is 3.48. The Bertz CT molecular complexity index is 815. The maximum atomic E-state index is 12.4. The first-order valence-electron chi connectivity index (χ1n) is 8.99. The molecule has 1 fully saturated rings. The van der Waals surface area contributed by atoms with Crippen molar-refractivity contribution < 1.29 is 23.9 Å². The van der Waals surface area contributed by atoms with Crippen LogP contribution in [0, 0.1) is 11.8 Å². The Kier molecular flexibility index (Phi) is 6.08. The Hall–Kier alpha value is -2.74. The number of carbonyl (C=O) groups excluding carboxylic acids is 4. The highest BCUT2D eigenvalue weighted by Gasteiger charge is 2.47. The van der Waals surface area contributed by atoms with Gasteiger partial charge in [-0.25, -0.2) is 4.98 Å². The van der Waals surface area contributed by atoms with Crippen molar-refractivity contribution in [2.45, 2.75) is 32.3 Å². The number of rotatable bonds is 6. The number of anilines is 1. The predicted octanol–water partition coefficient (Wildman–Crippen LogP) is 1.95. The van der Waals surface area contributed by atoms with Crippen LogP contribution in [0.3, 0.4) is 0 Å². The number of nitrogens with one attached hydrogen (secondary N) is 1. The second-order valence-corrected chi connectivity index (χ2v) is 7.06. The number of likely N-dealkylation sites (tertiary alicyclic amines) is 1. The third-order valence-electron chi connectivity index (χ3n) is 4.83. The van der Waals surface area contributed by atoms with Gasteiger partial charge in [0, 0.05) is 12.7 Å². The highest BCUT2D eigenvalue weighted by atomic mass is 35.5. The number of amides is 3. The van der Waals surface area contributed by atoms with E-state index in [9.17, 15) is 19.2 Å². The van der Waals surface area contributed by atoms with Gasteiger partial charge in [0.05, 0.1) is 23.9 Å². The number of pyridine rings is 1. The molecule has 0 radical (unpaired) electrons. The van der Waals surface area contributed by atoms with Gasteiger partial charge in [-0.1, -0.05) is 23.8 Å². The number of imide groups is 1. The van der Waals surface area contributed by atoms with Crippen LogP contribution in [0.4, 0.5) is 5.69 Å². The maximum Gasteiger partial charge on any atom is 0.308 e. The lowest BCUT2D eigenvalue weighted by atomic mass is 9.85. The number of nitrogens with zero attached hydrogens (tertiary/aromatic N) is 2. The molecule has 8 nitrogen and oxygen atoms in total. The zero-order valence-corrected chi connectivity index (χ0v) is 16.0. The van der Waals surface area contributed by atoms with Crippen molar-refractivity contribution in [3.8, 4) is 0 Å². The SMILES string of the molecule is C[C@H](OC(=O)CCN1C(=O)[C@H]2CC=CC[C@H]2C1=O)C(=O)Nc1cccnc1Cl. The first kappa shape index (κ1) is 20.0. The fourth-order valence-electron chi connectivity index (χ4n) is 3.32. The van der Waals surface area contributed by atoms with Gasteiger partial charge in [0.25, 0.3) is 5.91 Å². The number of esters is 1. The summed E-state index contributed by atoms with van der Waals surface area (Å²) in [4.78, 5) is 53.9. The Morgan fingerprint density at radius 2 is 1.93 bits per heavy atom. The summed E-state index contributed by atoms with van der Waals surface area (Å²) in [6.07, 6.45) is 5.14. The van der Waals surface area contributed by atoms with Crippen molar-refractivity contribution in [3.63, 3.8) is 0 Å². The zero-order chi connectivity index (χ0) is 20.3. The number of hydrogen-bond donors (Lipinski definition) is 1. The fraction of sp³-hybridized carbons (Fsp3) is 0.421. The average molecular weight is 406 g/mol. The summed E-state index contributed by atoms with van der Waals surface area (Å²) in [5, 5.41) is 2.65. The molecule has 1 aliphatic carbocycles. The van der Waals surface area contributed by atoms with E-state index in [1.165, 1.54) is 13.1 Å². The van der Waals surface area contributed by atoms with Gasteiger partial charge in [0.15, 0.2) is 11.3 Å². The van der Waals surface area contributed by atoms with Crippen LogP contribution in [0.1, 0.15) is 26.2 Å². The highest BCUT2D eigenvalue weighted by Crippen LogP contribution is 2.35. The summed E-state index contributed by atoms with van der Waals surface area (Å²) in [6.45, 7) is 1.37. The monoisotopic (exact) mass is 405 g/mol. The van der Waals surface area contributed by atoms with Crippen molar-refractivity contribution in [2.75, 3.05) is 11.9 Å². The molecule has 148 valence electrons. The quantitative estimate of drug-likeness (QED) is 0.335. The molecule has 3 amide bonds. The van der Waals surface area contributed by atoms with Crippen LogP contribution >= 0.6 is 11.6 Å².